The molecule has 0 amide bonds. The summed E-state index contributed by atoms with van der Waals surface area (Å²) < 4.78 is 20.3. The van der Waals surface area contributed by atoms with Crippen molar-refractivity contribution in [1.29, 1.82) is 0 Å². The number of hydrogen-bond donors (Lipinski definition) is 2. The summed E-state index contributed by atoms with van der Waals surface area (Å²) in [6.07, 6.45) is 0.835. The Balaban J connectivity index is 1.38. The minimum Gasteiger partial charge on any atom is -0.374 e. The number of rotatable bonds is 8. The van der Waals surface area contributed by atoms with Crippen LogP contribution in [-0.4, -0.2) is 41.0 Å². The third kappa shape index (κ3) is 4.18. The minimum absolute atomic E-state index is 0.255. The predicted octanol–water partition coefficient (Wildman–Crippen LogP) is 1.67. The second kappa shape index (κ2) is 9.07. The molecule has 172 valence electrons. The van der Waals surface area contributed by atoms with Crippen LogP contribution in [-0.2, 0) is 33.1 Å². The number of benzene rings is 2. The number of aromatic nitrogens is 2. The zero-order valence-electron chi connectivity index (χ0n) is 18.4. The molecular weight excluding hydrogens is 422 g/mol. The zero-order chi connectivity index (χ0) is 22.8. The van der Waals surface area contributed by atoms with E-state index in [0.717, 1.165) is 11.1 Å². The van der Waals surface area contributed by atoms with Crippen molar-refractivity contribution in [1.82, 2.24) is 14.9 Å². The lowest BCUT2D eigenvalue weighted by molar-refractivity contribution is -0.159. The second-order valence-electron chi connectivity index (χ2n) is 8.56. The number of ether oxygens (including phenoxy) is 3. The maximum absolute atomic E-state index is 12.7. The molecule has 33 heavy (non-hydrogen) atoms. The van der Waals surface area contributed by atoms with Crippen LogP contribution >= 0.6 is 0 Å². The number of nitrogens with one attached hydrogen (secondary N) is 2. The summed E-state index contributed by atoms with van der Waals surface area (Å²) in [4.78, 5) is 27.0. The molecule has 8 heteroatoms. The molecule has 3 heterocycles. The van der Waals surface area contributed by atoms with Gasteiger partial charge in [-0.25, -0.2) is 4.79 Å². The molecule has 2 saturated heterocycles. The smallest absolute Gasteiger partial charge is 0.330 e. The molecule has 2 aliphatic heterocycles. The maximum Gasteiger partial charge on any atom is 0.330 e. The average molecular weight is 450 g/mol. The van der Waals surface area contributed by atoms with Crippen molar-refractivity contribution in [2.75, 3.05) is 13.2 Å². The lowest BCUT2D eigenvalue weighted by Gasteiger charge is -2.46. The van der Waals surface area contributed by atoms with Gasteiger partial charge in [0, 0.05) is 18.3 Å². The monoisotopic (exact) mass is 449 g/mol. The largest absolute Gasteiger partial charge is 0.374 e. The van der Waals surface area contributed by atoms with Gasteiger partial charge >= 0.3 is 5.69 Å². The molecule has 8 nitrogen and oxygen atoms in total. The summed E-state index contributed by atoms with van der Waals surface area (Å²) in [6.45, 7) is 3.28. The molecule has 2 aliphatic rings. The number of fused-ring (bicyclic) bond motifs is 1. The van der Waals surface area contributed by atoms with Crippen LogP contribution < -0.4 is 16.6 Å². The van der Waals surface area contributed by atoms with Crippen LogP contribution in [0, 0.1) is 6.92 Å². The zero-order valence-corrected chi connectivity index (χ0v) is 18.4. The Morgan fingerprint density at radius 1 is 1.03 bits per heavy atom. The van der Waals surface area contributed by atoms with E-state index in [0.29, 0.717) is 31.9 Å². The van der Waals surface area contributed by atoms with Gasteiger partial charge in [-0.15, -0.1) is 0 Å². The van der Waals surface area contributed by atoms with Gasteiger partial charge < -0.3 is 19.5 Å². The van der Waals surface area contributed by atoms with Crippen LogP contribution in [0.1, 0.15) is 16.7 Å². The van der Waals surface area contributed by atoms with E-state index in [-0.39, 0.29) is 12.1 Å². The van der Waals surface area contributed by atoms with Crippen LogP contribution in [0.25, 0.3) is 0 Å². The van der Waals surface area contributed by atoms with Crippen molar-refractivity contribution in [3.05, 3.63) is 104 Å². The highest BCUT2D eigenvalue weighted by Crippen LogP contribution is 2.42. The third-order valence-corrected chi connectivity index (χ3v) is 6.32. The Morgan fingerprint density at radius 2 is 1.70 bits per heavy atom. The van der Waals surface area contributed by atoms with E-state index in [1.807, 2.05) is 60.7 Å². The Hall–Kier alpha value is -3.04. The summed E-state index contributed by atoms with van der Waals surface area (Å²) in [7, 11) is 0. The molecule has 0 aliphatic carbocycles. The van der Waals surface area contributed by atoms with Gasteiger partial charge in [-0.1, -0.05) is 60.7 Å². The van der Waals surface area contributed by atoms with Crippen LogP contribution in [0.2, 0.25) is 0 Å². The molecule has 0 spiro atoms. The van der Waals surface area contributed by atoms with Crippen LogP contribution in [0.3, 0.4) is 0 Å². The molecule has 0 radical (unpaired) electrons. The Bertz CT molecular complexity index is 1210. The van der Waals surface area contributed by atoms with Gasteiger partial charge in [0.2, 0.25) is 0 Å². The topological polar surface area (TPSA) is 94.6 Å². The third-order valence-electron chi connectivity index (χ3n) is 6.32. The fraction of sp³-hybridized carbons (Fsp3) is 0.360. The summed E-state index contributed by atoms with van der Waals surface area (Å²) in [5.74, 6) is 0. The second-order valence-corrected chi connectivity index (χ2v) is 8.56. The Labute approximate surface area is 191 Å². The molecule has 1 aromatic heterocycles. The van der Waals surface area contributed by atoms with Crippen LogP contribution in [0.4, 0.5) is 0 Å². The van der Waals surface area contributed by atoms with Crippen molar-refractivity contribution in [3.63, 3.8) is 0 Å². The van der Waals surface area contributed by atoms with Crippen molar-refractivity contribution in [2.45, 2.75) is 44.1 Å². The lowest BCUT2D eigenvalue weighted by atomic mass is 9.91. The van der Waals surface area contributed by atoms with Gasteiger partial charge in [-0.2, -0.15) is 0 Å². The van der Waals surface area contributed by atoms with Crippen LogP contribution in [0.15, 0.2) is 76.4 Å². The van der Waals surface area contributed by atoms with E-state index in [1.165, 1.54) is 4.57 Å². The SMILES string of the molecule is Cc1cn([C@@]23CNC2[C@H](OCc2ccccc2)[C@@H](COCc2ccccc2)O3)c(=O)[nH]c1=O. The Kier molecular flexibility index (Phi) is 5.99. The minimum atomic E-state index is -0.936. The molecule has 3 aromatic rings. The normalized spacial score (nSPS) is 26.0. The first kappa shape index (κ1) is 21.8. The number of aromatic amines is 1. The molecule has 1 unspecified atom stereocenters. The maximum atomic E-state index is 12.7. The quantitative estimate of drug-likeness (QED) is 0.543. The summed E-state index contributed by atoms with van der Waals surface area (Å²) in [6, 6.07) is 19.6. The van der Waals surface area contributed by atoms with Gasteiger partial charge in [0.15, 0.2) is 5.72 Å². The first-order chi connectivity index (χ1) is 16.1. The number of nitrogens with zero attached hydrogens (tertiary/aromatic N) is 1. The Morgan fingerprint density at radius 3 is 2.33 bits per heavy atom. The van der Waals surface area contributed by atoms with Crippen molar-refractivity contribution in [2.24, 2.45) is 0 Å². The van der Waals surface area contributed by atoms with Crippen molar-refractivity contribution < 1.29 is 14.2 Å². The fourth-order valence-corrected chi connectivity index (χ4v) is 4.53. The fourth-order valence-electron chi connectivity index (χ4n) is 4.53. The molecule has 2 aromatic carbocycles. The highest BCUT2D eigenvalue weighted by Gasteiger charge is 2.63. The lowest BCUT2D eigenvalue weighted by Crippen LogP contribution is -2.71. The van der Waals surface area contributed by atoms with E-state index in [2.05, 4.69) is 10.3 Å². The standard InChI is InChI=1S/C25H27N3O5/c1-17-12-28(24(30)27-23(17)29)25-16-26-22(25)21(32-14-19-10-6-3-7-11-19)20(33-25)15-31-13-18-8-4-2-5-9-18/h2-12,20-22,26H,13-16H2,1H3,(H,27,29,30)/t20-,21-,22?,25-/m1/s1. The van der Waals surface area contributed by atoms with E-state index < -0.39 is 23.1 Å². The molecule has 4 atom stereocenters. The van der Waals surface area contributed by atoms with Crippen LogP contribution in [0.5, 0.6) is 0 Å². The van der Waals surface area contributed by atoms with E-state index in [4.69, 9.17) is 14.2 Å². The van der Waals surface area contributed by atoms with E-state index in [1.54, 1.807) is 13.1 Å². The summed E-state index contributed by atoms with van der Waals surface area (Å²) in [5, 5.41) is 3.38. The number of aryl methyl sites for hydroxylation is 1. The van der Waals surface area contributed by atoms with Gasteiger partial charge in [-0.3, -0.25) is 14.3 Å². The summed E-state index contributed by atoms with van der Waals surface area (Å²) >= 11 is 0. The molecule has 0 saturated carbocycles. The summed E-state index contributed by atoms with van der Waals surface area (Å²) in [5.41, 5.74) is 0.743. The molecule has 0 bridgehead atoms. The van der Waals surface area contributed by atoms with E-state index >= 15 is 0 Å². The molecular formula is C25H27N3O5. The van der Waals surface area contributed by atoms with Crippen molar-refractivity contribution >= 4 is 0 Å². The predicted molar refractivity (Wildman–Crippen MR) is 122 cm³/mol. The van der Waals surface area contributed by atoms with Crippen molar-refractivity contribution in [3.8, 4) is 0 Å². The number of H-pyrrole nitrogens is 1. The molecule has 2 fully saturated rings. The van der Waals surface area contributed by atoms with Gasteiger partial charge in [-0.05, 0) is 18.1 Å². The highest BCUT2D eigenvalue weighted by atomic mass is 16.6. The first-order valence-corrected chi connectivity index (χ1v) is 11.1. The first-order valence-electron chi connectivity index (χ1n) is 11.1. The van der Waals surface area contributed by atoms with Gasteiger partial charge in [0.25, 0.3) is 5.56 Å². The molecule has 5 rings (SSSR count). The number of hydrogen-bond acceptors (Lipinski definition) is 6. The average Bonchev–Trinajstić information content (AvgIpc) is 3.02. The van der Waals surface area contributed by atoms with E-state index in [9.17, 15) is 9.59 Å². The van der Waals surface area contributed by atoms with Gasteiger partial charge in [0.1, 0.15) is 12.2 Å². The molecule has 2 N–H and O–H groups in total. The van der Waals surface area contributed by atoms with Gasteiger partial charge in [0.05, 0.1) is 25.9 Å². The highest BCUT2D eigenvalue weighted by molar-refractivity contribution is 5.17.